The number of Topliss-reactive ketones (excluding diaryl/α,β-unsaturated/α-hetero) is 1. The summed E-state index contributed by atoms with van der Waals surface area (Å²) in [5, 5.41) is -0.513. The average molecular weight is 240 g/mol. The Labute approximate surface area is 97.2 Å². The van der Waals surface area contributed by atoms with E-state index in [0.717, 1.165) is 0 Å². The van der Waals surface area contributed by atoms with Crippen LogP contribution in [0.25, 0.3) is 5.57 Å². The van der Waals surface area contributed by atoms with E-state index in [9.17, 15) is 4.79 Å². The number of aromatic nitrogens is 1. The standard InChI is InChI=1S/C11H7Cl2NO/c12-8-5-4-7(10(13)11(8)15)9-3-1-2-6-14-9/h1-6,8H. The molecular weight excluding hydrogens is 233 g/mol. The van der Waals surface area contributed by atoms with Gasteiger partial charge in [-0.05, 0) is 12.1 Å². The Morgan fingerprint density at radius 3 is 2.80 bits per heavy atom. The first-order chi connectivity index (χ1) is 7.20. The van der Waals surface area contributed by atoms with Crippen LogP contribution in [0.1, 0.15) is 5.69 Å². The molecular formula is C11H7Cl2NO. The summed E-state index contributed by atoms with van der Waals surface area (Å²) in [7, 11) is 0. The molecule has 1 aliphatic carbocycles. The zero-order chi connectivity index (χ0) is 10.8. The maximum absolute atomic E-state index is 11.5. The zero-order valence-electron chi connectivity index (χ0n) is 7.65. The Bertz CT molecular complexity index is 451. The predicted octanol–water partition coefficient (Wildman–Crippen LogP) is 2.78. The molecule has 0 amide bonds. The van der Waals surface area contributed by atoms with Crippen LogP contribution in [0, 0.1) is 0 Å². The van der Waals surface area contributed by atoms with Gasteiger partial charge in [0.05, 0.1) is 10.7 Å². The summed E-state index contributed by atoms with van der Waals surface area (Å²) >= 11 is 11.7. The van der Waals surface area contributed by atoms with Gasteiger partial charge in [0.25, 0.3) is 0 Å². The van der Waals surface area contributed by atoms with E-state index in [1.807, 2.05) is 6.07 Å². The van der Waals surface area contributed by atoms with Gasteiger partial charge in [-0.2, -0.15) is 0 Å². The van der Waals surface area contributed by atoms with Crippen LogP contribution < -0.4 is 0 Å². The Kier molecular flexibility index (Phi) is 2.89. The molecule has 0 aliphatic heterocycles. The minimum Gasteiger partial charge on any atom is -0.291 e. The Morgan fingerprint density at radius 1 is 1.33 bits per heavy atom. The van der Waals surface area contributed by atoms with Crippen molar-refractivity contribution in [1.82, 2.24) is 4.98 Å². The maximum atomic E-state index is 11.5. The lowest BCUT2D eigenvalue weighted by atomic mass is 10.0. The smallest absolute Gasteiger partial charge is 0.196 e. The highest BCUT2D eigenvalue weighted by atomic mass is 35.5. The van der Waals surface area contributed by atoms with E-state index in [4.69, 9.17) is 23.2 Å². The van der Waals surface area contributed by atoms with Gasteiger partial charge in [-0.25, -0.2) is 0 Å². The number of carbonyl (C=O) groups is 1. The number of hydrogen-bond donors (Lipinski definition) is 0. The number of carbonyl (C=O) groups excluding carboxylic acids is 1. The summed E-state index contributed by atoms with van der Waals surface area (Å²) in [5.41, 5.74) is 1.30. The summed E-state index contributed by atoms with van der Waals surface area (Å²) < 4.78 is 0. The third kappa shape index (κ3) is 1.96. The van der Waals surface area contributed by atoms with Crippen LogP contribution in [0.15, 0.2) is 41.6 Å². The van der Waals surface area contributed by atoms with E-state index in [1.54, 1.807) is 30.5 Å². The second-order valence-corrected chi connectivity index (χ2v) is 3.92. The van der Waals surface area contributed by atoms with Gasteiger partial charge in [0.2, 0.25) is 0 Å². The molecule has 4 heteroatoms. The molecule has 0 fully saturated rings. The lowest BCUT2D eigenvalue weighted by molar-refractivity contribution is -0.114. The van der Waals surface area contributed by atoms with Crippen molar-refractivity contribution in [2.75, 3.05) is 0 Å². The average Bonchev–Trinajstić information content (AvgIpc) is 2.27. The second-order valence-electron chi connectivity index (χ2n) is 3.07. The van der Waals surface area contributed by atoms with Crippen LogP contribution >= 0.6 is 23.2 Å². The van der Waals surface area contributed by atoms with Crippen LogP contribution in [-0.2, 0) is 4.79 Å². The lowest BCUT2D eigenvalue weighted by Gasteiger charge is -2.12. The largest absolute Gasteiger partial charge is 0.291 e. The molecule has 0 N–H and O–H groups in total. The number of hydrogen-bond acceptors (Lipinski definition) is 2. The summed E-state index contributed by atoms with van der Waals surface area (Å²) in [6.45, 7) is 0. The molecule has 0 bridgehead atoms. The molecule has 0 saturated carbocycles. The zero-order valence-corrected chi connectivity index (χ0v) is 9.16. The quantitative estimate of drug-likeness (QED) is 0.706. The first-order valence-electron chi connectivity index (χ1n) is 4.38. The van der Waals surface area contributed by atoms with Crippen molar-refractivity contribution in [3.63, 3.8) is 0 Å². The van der Waals surface area contributed by atoms with Gasteiger partial charge in [0, 0.05) is 11.8 Å². The van der Waals surface area contributed by atoms with Gasteiger partial charge in [-0.3, -0.25) is 9.78 Å². The Morgan fingerprint density at radius 2 is 2.13 bits per heavy atom. The number of pyridine rings is 1. The minimum absolute atomic E-state index is 0.149. The van der Waals surface area contributed by atoms with E-state index < -0.39 is 5.38 Å². The molecule has 1 aromatic heterocycles. The van der Waals surface area contributed by atoms with Crippen molar-refractivity contribution < 1.29 is 4.79 Å². The van der Waals surface area contributed by atoms with E-state index in [0.29, 0.717) is 11.3 Å². The van der Waals surface area contributed by atoms with E-state index >= 15 is 0 Å². The van der Waals surface area contributed by atoms with Gasteiger partial charge in [-0.15, -0.1) is 11.6 Å². The van der Waals surface area contributed by atoms with Crippen molar-refractivity contribution in [2.45, 2.75) is 5.38 Å². The monoisotopic (exact) mass is 239 g/mol. The Balaban J connectivity index is 2.47. The summed E-state index contributed by atoms with van der Waals surface area (Å²) in [4.78, 5) is 15.6. The molecule has 76 valence electrons. The van der Waals surface area contributed by atoms with Crippen molar-refractivity contribution in [3.05, 3.63) is 47.3 Å². The molecule has 0 radical (unpaired) electrons. The van der Waals surface area contributed by atoms with Crippen LogP contribution in [0.2, 0.25) is 0 Å². The van der Waals surface area contributed by atoms with Crippen molar-refractivity contribution in [3.8, 4) is 0 Å². The summed E-state index contributed by atoms with van der Waals surface area (Å²) in [6.07, 6.45) is 4.99. The van der Waals surface area contributed by atoms with E-state index in [-0.39, 0.29) is 10.8 Å². The molecule has 0 aromatic carbocycles. The molecule has 1 heterocycles. The van der Waals surface area contributed by atoms with Gasteiger partial charge in [-0.1, -0.05) is 29.8 Å². The number of nitrogens with zero attached hydrogens (tertiary/aromatic N) is 1. The predicted molar refractivity (Wildman–Crippen MR) is 60.8 cm³/mol. The normalized spacial score (nSPS) is 20.9. The van der Waals surface area contributed by atoms with Crippen LogP contribution in [0.4, 0.5) is 0 Å². The molecule has 1 aliphatic rings. The highest BCUT2D eigenvalue weighted by molar-refractivity contribution is 6.52. The molecule has 0 saturated heterocycles. The van der Waals surface area contributed by atoms with Crippen LogP contribution in [0.5, 0.6) is 0 Å². The van der Waals surface area contributed by atoms with Gasteiger partial charge in [0.1, 0.15) is 5.38 Å². The molecule has 0 spiro atoms. The molecule has 1 atom stereocenters. The minimum atomic E-state index is -0.662. The number of alkyl halides is 1. The highest BCUT2D eigenvalue weighted by Crippen LogP contribution is 2.28. The molecule has 1 unspecified atom stereocenters. The number of ketones is 1. The Hall–Kier alpha value is -1.12. The van der Waals surface area contributed by atoms with Gasteiger partial charge >= 0.3 is 0 Å². The SMILES string of the molecule is O=C1C(Cl)=C(c2ccccn2)C=CC1Cl. The van der Waals surface area contributed by atoms with Crippen molar-refractivity contribution in [2.24, 2.45) is 0 Å². The topological polar surface area (TPSA) is 30.0 Å². The number of rotatable bonds is 1. The van der Waals surface area contributed by atoms with Gasteiger partial charge < -0.3 is 0 Å². The van der Waals surface area contributed by atoms with Crippen molar-refractivity contribution in [1.29, 1.82) is 0 Å². The number of allylic oxidation sites excluding steroid dienone is 4. The second kappa shape index (κ2) is 4.17. The van der Waals surface area contributed by atoms with E-state index in [1.165, 1.54) is 0 Å². The third-order valence-electron chi connectivity index (χ3n) is 2.08. The molecule has 2 rings (SSSR count). The fourth-order valence-electron chi connectivity index (χ4n) is 1.31. The summed E-state index contributed by atoms with van der Waals surface area (Å²) in [6, 6.07) is 5.44. The molecule has 1 aromatic rings. The first kappa shape index (κ1) is 10.4. The van der Waals surface area contributed by atoms with E-state index in [2.05, 4.69) is 4.98 Å². The highest BCUT2D eigenvalue weighted by Gasteiger charge is 2.23. The number of halogens is 2. The fourth-order valence-corrected chi connectivity index (χ4v) is 1.83. The lowest BCUT2D eigenvalue weighted by Crippen LogP contribution is -2.16. The fraction of sp³-hybridized carbons (Fsp3) is 0.0909. The van der Waals surface area contributed by atoms with Crippen LogP contribution in [-0.4, -0.2) is 16.1 Å². The third-order valence-corrected chi connectivity index (χ3v) is 2.81. The van der Waals surface area contributed by atoms with Gasteiger partial charge in [0.15, 0.2) is 5.78 Å². The molecule has 2 nitrogen and oxygen atoms in total. The maximum Gasteiger partial charge on any atom is 0.196 e. The van der Waals surface area contributed by atoms with Crippen LogP contribution in [0.3, 0.4) is 0 Å². The first-order valence-corrected chi connectivity index (χ1v) is 5.19. The van der Waals surface area contributed by atoms with Crippen molar-refractivity contribution >= 4 is 34.6 Å². The summed E-state index contributed by atoms with van der Waals surface area (Å²) in [5.74, 6) is -0.276. The molecule has 15 heavy (non-hydrogen) atoms.